The highest BCUT2D eigenvalue weighted by Crippen LogP contribution is 2.57. The third-order valence-electron chi connectivity index (χ3n) is 8.48. The van der Waals surface area contributed by atoms with Gasteiger partial charge in [0, 0.05) is 21.9 Å². The van der Waals surface area contributed by atoms with Gasteiger partial charge < -0.3 is 10.6 Å². The van der Waals surface area contributed by atoms with Crippen molar-refractivity contribution in [3.8, 4) is 0 Å². The van der Waals surface area contributed by atoms with E-state index in [-0.39, 0.29) is 22.9 Å². The standard InChI is InChI=1S/C30H28N4O2/c35-27(25-11-9-21-5-1-3-7-23(21)31-25)33-29-14-19-13-20(15-29)17-30(16-19,18-29)34-28(36)26-12-10-22-6-2-4-8-24(22)32-26/h1-12,19-20H,13-18H2,(H,33,35)(H,34,36). The molecule has 2 heterocycles. The number of carbonyl (C=O) groups is 2. The minimum absolute atomic E-state index is 0.125. The quantitative estimate of drug-likeness (QED) is 0.433. The van der Waals surface area contributed by atoms with E-state index in [0.717, 1.165) is 53.9 Å². The first kappa shape index (κ1) is 21.5. The molecule has 4 aliphatic rings. The zero-order chi connectivity index (χ0) is 24.3. The Morgan fingerprint density at radius 1 is 0.639 bits per heavy atom. The fraction of sp³-hybridized carbons (Fsp3) is 0.333. The van der Waals surface area contributed by atoms with E-state index >= 15 is 0 Å². The van der Waals surface area contributed by atoms with Crippen LogP contribution in [0.15, 0.2) is 72.8 Å². The van der Waals surface area contributed by atoms with Crippen molar-refractivity contribution < 1.29 is 9.59 Å². The molecule has 4 saturated carbocycles. The summed E-state index contributed by atoms with van der Waals surface area (Å²) in [6, 6.07) is 23.2. The Kier molecular flexibility index (Phi) is 4.69. The third-order valence-corrected chi connectivity index (χ3v) is 8.48. The number of nitrogens with zero attached hydrogens (tertiary/aromatic N) is 2. The molecule has 4 fully saturated rings. The normalized spacial score (nSPS) is 28.3. The lowest BCUT2D eigenvalue weighted by molar-refractivity contribution is -0.0449. The summed E-state index contributed by atoms with van der Waals surface area (Å²) in [4.78, 5) is 36.0. The number of amides is 2. The third kappa shape index (κ3) is 3.63. The second-order valence-corrected chi connectivity index (χ2v) is 11.2. The summed E-state index contributed by atoms with van der Waals surface area (Å²) in [6.07, 6.45) is 5.80. The van der Waals surface area contributed by atoms with E-state index in [1.165, 1.54) is 6.42 Å². The fourth-order valence-corrected chi connectivity index (χ4v) is 7.55. The predicted octanol–water partition coefficient (Wildman–Crippen LogP) is 5.03. The monoisotopic (exact) mass is 476 g/mol. The number of nitrogens with one attached hydrogen (secondary N) is 2. The van der Waals surface area contributed by atoms with Gasteiger partial charge in [-0.1, -0.05) is 48.5 Å². The van der Waals surface area contributed by atoms with E-state index in [2.05, 4.69) is 20.6 Å². The van der Waals surface area contributed by atoms with Gasteiger partial charge in [0.2, 0.25) is 0 Å². The molecule has 2 aromatic heterocycles. The number of pyridine rings is 2. The lowest BCUT2D eigenvalue weighted by Crippen LogP contribution is -2.69. The molecule has 36 heavy (non-hydrogen) atoms. The van der Waals surface area contributed by atoms with Crippen LogP contribution in [0.2, 0.25) is 0 Å². The number of hydrogen-bond donors (Lipinski definition) is 2. The Bertz CT molecular complexity index is 1400. The average molecular weight is 477 g/mol. The maximum atomic E-state index is 13.4. The molecular formula is C30H28N4O2. The minimum atomic E-state index is -0.307. The van der Waals surface area contributed by atoms with Gasteiger partial charge in [-0.15, -0.1) is 0 Å². The molecule has 0 saturated heterocycles. The topological polar surface area (TPSA) is 84.0 Å². The molecule has 0 atom stereocenters. The van der Waals surface area contributed by atoms with Crippen molar-refractivity contribution in [2.75, 3.05) is 0 Å². The zero-order valence-corrected chi connectivity index (χ0v) is 20.0. The van der Waals surface area contributed by atoms with Gasteiger partial charge in [-0.05, 0) is 74.6 Å². The molecule has 4 aromatic rings. The van der Waals surface area contributed by atoms with Crippen LogP contribution in [0.25, 0.3) is 21.8 Å². The van der Waals surface area contributed by atoms with Crippen molar-refractivity contribution in [2.45, 2.75) is 49.6 Å². The SMILES string of the molecule is O=C(NC12CC3CC(C1)CC(NC(=O)c1ccc4ccccc4n1)(C3)C2)c1ccc2ccccc2n1. The summed E-state index contributed by atoms with van der Waals surface area (Å²) in [6.45, 7) is 0. The number of benzene rings is 2. The predicted molar refractivity (Wildman–Crippen MR) is 139 cm³/mol. The Morgan fingerprint density at radius 3 is 1.56 bits per heavy atom. The summed E-state index contributed by atoms with van der Waals surface area (Å²) in [5.41, 5.74) is 1.92. The van der Waals surface area contributed by atoms with Gasteiger partial charge in [0.15, 0.2) is 0 Å². The van der Waals surface area contributed by atoms with Gasteiger partial charge in [0.1, 0.15) is 11.4 Å². The van der Waals surface area contributed by atoms with E-state index in [1.54, 1.807) is 12.1 Å². The fourth-order valence-electron chi connectivity index (χ4n) is 7.55. The molecule has 6 nitrogen and oxygen atoms in total. The van der Waals surface area contributed by atoms with Gasteiger partial charge in [0.25, 0.3) is 11.8 Å². The van der Waals surface area contributed by atoms with Crippen LogP contribution in [-0.2, 0) is 0 Å². The molecule has 4 aliphatic carbocycles. The molecular weight excluding hydrogens is 448 g/mol. The van der Waals surface area contributed by atoms with Crippen molar-refractivity contribution in [3.05, 3.63) is 84.2 Å². The summed E-state index contributed by atoms with van der Waals surface area (Å²) < 4.78 is 0. The smallest absolute Gasteiger partial charge is 0.270 e. The van der Waals surface area contributed by atoms with Crippen LogP contribution in [0, 0.1) is 11.8 Å². The Balaban J connectivity index is 1.14. The average Bonchev–Trinajstić information content (AvgIpc) is 2.86. The lowest BCUT2D eigenvalue weighted by atomic mass is 9.49. The van der Waals surface area contributed by atoms with E-state index in [0.29, 0.717) is 23.2 Å². The molecule has 180 valence electrons. The highest BCUT2D eigenvalue weighted by atomic mass is 16.2. The first-order valence-corrected chi connectivity index (χ1v) is 12.8. The Labute approximate surface area is 209 Å². The molecule has 6 heteroatoms. The maximum Gasteiger partial charge on any atom is 0.270 e. The van der Waals surface area contributed by atoms with Crippen molar-refractivity contribution in [1.29, 1.82) is 0 Å². The molecule has 2 N–H and O–H groups in total. The summed E-state index contributed by atoms with van der Waals surface area (Å²) in [5.74, 6) is 0.753. The van der Waals surface area contributed by atoms with Crippen LogP contribution >= 0.6 is 0 Å². The van der Waals surface area contributed by atoms with Crippen LogP contribution in [-0.4, -0.2) is 32.9 Å². The van der Waals surface area contributed by atoms with E-state index in [1.807, 2.05) is 60.7 Å². The number of carbonyl (C=O) groups excluding carboxylic acids is 2. The van der Waals surface area contributed by atoms with E-state index in [4.69, 9.17) is 0 Å². The van der Waals surface area contributed by atoms with Crippen LogP contribution in [0.1, 0.15) is 59.5 Å². The number of fused-ring (bicyclic) bond motifs is 2. The van der Waals surface area contributed by atoms with Gasteiger partial charge in [-0.25, -0.2) is 9.97 Å². The van der Waals surface area contributed by atoms with Gasteiger partial charge >= 0.3 is 0 Å². The molecule has 2 aromatic carbocycles. The zero-order valence-electron chi connectivity index (χ0n) is 20.0. The lowest BCUT2D eigenvalue weighted by Gasteiger charge is -2.62. The van der Waals surface area contributed by atoms with Gasteiger partial charge in [-0.2, -0.15) is 0 Å². The second-order valence-electron chi connectivity index (χ2n) is 11.2. The van der Waals surface area contributed by atoms with E-state index in [9.17, 15) is 9.59 Å². The van der Waals surface area contributed by atoms with Crippen molar-refractivity contribution in [3.63, 3.8) is 0 Å². The number of hydrogen-bond acceptors (Lipinski definition) is 4. The Hall–Kier alpha value is -3.80. The van der Waals surface area contributed by atoms with Gasteiger partial charge in [0.05, 0.1) is 11.0 Å². The first-order valence-electron chi connectivity index (χ1n) is 12.8. The number of aromatic nitrogens is 2. The van der Waals surface area contributed by atoms with Crippen molar-refractivity contribution >= 4 is 33.6 Å². The summed E-state index contributed by atoms with van der Waals surface area (Å²) in [7, 11) is 0. The van der Waals surface area contributed by atoms with Crippen molar-refractivity contribution in [1.82, 2.24) is 20.6 Å². The molecule has 4 bridgehead atoms. The molecule has 8 rings (SSSR count). The number of rotatable bonds is 4. The summed E-state index contributed by atoms with van der Waals surface area (Å²) >= 11 is 0. The molecule has 0 aliphatic heterocycles. The van der Waals surface area contributed by atoms with Crippen LogP contribution < -0.4 is 10.6 Å². The largest absolute Gasteiger partial charge is 0.345 e. The maximum absolute atomic E-state index is 13.4. The van der Waals surface area contributed by atoms with Crippen LogP contribution in [0.5, 0.6) is 0 Å². The highest BCUT2D eigenvalue weighted by Gasteiger charge is 2.58. The molecule has 0 spiro atoms. The Morgan fingerprint density at radius 2 is 1.08 bits per heavy atom. The number of para-hydroxylation sites is 2. The van der Waals surface area contributed by atoms with Crippen LogP contribution in [0.3, 0.4) is 0 Å². The minimum Gasteiger partial charge on any atom is -0.345 e. The highest BCUT2D eigenvalue weighted by molar-refractivity contribution is 5.96. The first-order chi connectivity index (χ1) is 17.5. The molecule has 0 unspecified atom stereocenters. The molecule has 2 amide bonds. The molecule has 0 radical (unpaired) electrons. The van der Waals surface area contributed by atoms with Gasteiger partial charge in [-0.3, -0.25) is 9.59 Å². The van der Waals surface area contributed by atoms with E-state index < -0.39 is 0 Å². The second kappa shape index (κ2) is 7.85. The van der Waals surface area contributed by atoms with Crippen molar-refractivity contribution in [2.24, 2.45) is 11.8 Å². The summed E-state index contributed by atoms with van der Waals surface area (Å²) in [5, 5.41) is 8.84. The van der Waals surface area contributed by atoms with Crippen LogP contribution in [0.4, 0.5) is 0 Å².